The molecule has 4 rings (SSSR count). The van der Waals surface area contributed by atoms with Crippen LogP contribution in [0.5, 0.6) is 0 Å². The summed E-state index contributed by atoms with van der Waals surface area (Å²) >= 11 is 0. The van der Waals surface area contributed by atoms with Crippen LogP contribution < -0.4 is 5.32 Å². The van der Waals surface area contributed by atoms with E-state index in [2.05, 4.69) is 20.5 Å². The summed E-state index contributed by atoms with van der Waals surface area (Å²) in [5.41, 5.74) is 4.70. The summed E-state index contributed by atoms with van der Waals surface area (Å²) in [6.07, 6.45) is 2.44. The highest BCUT2D eigenvalue weighted by molar-refractivity contribution is 5.97. The average Bonchev–Trinajstić information content (AvgIpc) is 3.09. The second-order valence-electron chi connectivity index (χ2n) is 5.97. The minimum Gasteiger partial charge on any atom is -0.358 e. The zero-order valence-corrected chi connectivity index (χ0v) is 13.4. The molecule has 0 fully saturated rings. The second-order valence-corrected chi connectivity index (χ2v) is 5.97. The van der Waals surface area contributed by atoms with E-state index in [1.54, 1.807) is 6.20 Å². The Balaban J connectivity index is 1.72. The SMILES string of the molecule is O=NC(c1ccccc1)c1cc(-c2cc3c([nH]2)CCNC3=O)ccn1. The quantitative estimate of drug-likeness (QED) is 0.719. The molecule has 3 heterocycles. The lowest BCUT2D eigenvalue weighted by molar-refractivity contribution is 0.0946. The van der Waals surface area contributed by atoms with Crippen LogP contribution in [0.15, 0.2) is 59.9 Å². The maximum Gasteiger partial charge on any atom is 0.253 e. The van der Waals surface area contributed by atoms with E-state index >= 15 is 0 Å². The number of benzene rings is 1. The van der Waals surface area contributed by atoms with Crippen molar-refractivity contribution in [3.8, 4) is 11.3 Å². The fraction of sp³-hybridized carbons (Fsp3) is 0.158. The van der Waals surface area contributed by atoms with Gasteiger partial charge in [-0.2, -0.15) is 0 Å². The Bertz CT molecular complexity index is 934. The first-order valence-corrected chi connectivity index (χ1v) is 8.10. The summed E-state index contributed by atoms with van der Waals surface area (Å²) in [7, 11) is 0. The molecule has 0 spiro atoms. The number of rotatable bonds is 4. The van der Waals surface area contributed by atoms with Crippen molar-refractivity contribution in [1.29, 1.82) is 0 Å². The van der Waals surface area contributed by atoms with Crippen LogP contribution in [-0.2, 0) is 6.42 Å². The number of hydrogen-bond acceptors (Lipinski definition) is 4. The van der Waals surface area contributed by atoms with Gasteiger partial charge in [-0.05, 0) is 23.8 Å². The normalized spacial score (nSPS) is 14.5. The van der Waals surface area contributed by atoms with Crippen molar-refractivity contribution < 1.29 is 4.79 Å². The molecular formula is C19H16N4O2. The predicted octanol–water partition coefficient (Wildman–Crippen LogP) is 3.22. The molecule has 2 N–H and O–H groups in total. The van der Waals surface area contributed by atoms with Crippen LogP contribution in [0.4, 0.5) is 0 Å². The number of hydrogen-bond donors (Lipinski definition) is 2. The molecular weight excluding hydrogens is 316 g/mol. The summed E-state index contributed by atoms with van der Waals surface area (Å²) in [5.74, 6) is -0.0604. The van der Waals surface area contributed by atoms with Gasteiger partial charge in [0.1, 0.15) is 0 Å². The Labute approximate surface area is 144 Å². The maximum atomic E-state index is 11.9. The summed E-state index contributed by atoms with van der Waals surface area (Å²) in [6.45, 7) is 0.637. The van der Waals surface area contributed by atoms with Gasteiger partial charge in [0.05, 0.1) is 11.3 Å². The number of aromatic amines is 1. The van der Waals surface area contributed by atoms with Crippen molar-refractivity contribution in [3.63, 3.8) is 0 Å². The van der Waals surface area contributed by atoms with Gasteiger partial charge >= 0.3 is 0 Å². The number of aromatic nitrogens is 2. The number of amides is 1. The Morgan fingerprint density at radius 1 is 1.12 bits per heavy atom. The van der Waals surface area contributed by atoms with E-state index in [-0.39, 0.29) is 5.91 Å². The lowest BCUT2D eigenvalue weighted by atomic mass is 10.0. The first-order valence-electron chi connectivity index (χ1n) is 8.10. The fourth-order valence-corrected chi connectivity index (χ4v) is 3.14. The summed E-state index contributed by atoms with van der Waals surface area (Å²) in [6, 6.07) is 14.2. The van der Waals surface area contributed by atoms with E-state index in [4.69, 9.17) is 0 Å². The highest BCUT2D eigenvalue weighted by atomic mass is 16.3. The van der Waals surface area contributed by atoms with Crippen molar-refractivity contribution in [2.24, 2.45) is 5.18 Å². The predicted molar refractivity (Wildman–Crippen MR) is 94.1 cm³/mol. The molecule has 25 heavy (non-hydrogen) atoms. The molecule has 1 amide bonds. The molecule has 124 valence electrons. The van der Waals surface area contributed by atoms with Crippen LogP contribution >= 0.6 is 0 Å². The first-order chi connectivity index (χ1) is 12.3. The smallest absolute Gasteiger partial charge is 0.253 e. The molecule has 1 unspecified atom stereocenters. The third-order valence-corrected chi connectivity index (χ3v) is 4.40. The number of nitrogens with zero attached hydrogens (tertiary/aromatic N) is 2. The van der Waals surface area contributed by atoms with E-state index in [0.29, 0.717) is 17.8 Å². The summed E-state index contributed by atoms with van der Waals surface area (Å²) < 4.78 is 0. The second kappa shape index (κ2) is 6.32. The van der Waals surface area contributed by atoms with Crippen LogP contribution in [0, 0.1) is 4.91 Å². The number of carbonyl (C=O) groups excluding carboxylic acids is 1. The highest BCUT2D eigenvalue weighted by Crippen LogP contribution is 2.29. The zero-order valence-electron chi connectivity index (χ0n) is 13.4. The Hall–Kier alpha value is -3.28. The van der Waals surface area contributed by atoms with Crippen molar-refractivity contribution >= 4 is 5.91 Å². The van der Waals surface area contributed by atoms with Gasteiger partial charge < -0.3 is 10.3 Å². The number of H-pyrrole nitrogens is 1. The minimum absolute atomic E-state index is 0.0604. The van der Waals surface area contributed by atoms with E-state index in [1.165, 1.54) is 0 Å². The Morgan fingerprint density at radius 2 is 1.96 bits per heavy atom. The van der Waals surface area contributed by atoms with Crippen LogP contribution in [0.2, 0.25) is 0 Å². The molecule has 0 saturated heterocycles. The van der Waals surface area contributed by atoms with Crippen molar-refractivity contribution in [1.82, 2.24) is 15.3 Å². The topological polar surface area (TPSA) is 87.2 Å². The molecule has 1 aliphatic rings. The molecule has 6 heteroatoms. The third-order valence-electron chi connectivity index (χ3n) is 4.40. The number of pyridine rings is 1. The molecule has 0 radical (unpaired) electrons. The summed E-state index contributed by atoms with van der Waals surface area (Å²) in [4.78, 5) is 31.0. The van der Waals surface area contributed by atoms with Gasteiger partial charge in [0.15, 0.2) is 6.04 Å². The third kappa shape index (κ3) is 2.82. The molecule has 0 aliphatic carbocycles. The van der Waals surface area contributed by atoms with Gasteiger partial charge in [-0.15, -0.1) is 4.91 Å². The van der Waals surface area contributed by atoms with Crippen molar-refractivity contribution in [2.45, 2.75) is 12.5 Å². The van der Waals surface area contributed by atoms with Gasteiger partial charge in [0.2, 0.25) is 0 Å². The van der Waals surface area contributed by atoms with Crippen LogP contribution in [-0.4, -0.2) is 22.4 Å². The molecule has 1 aliphatic heterocycles. The molecule has 2 aromatic heterocycles. The van der Waals surface area contributed by atoms with Gasteiger partial charge in [0.25, 0.3) is 5.91 Å². The number of fused-ring (bicyclic) bond motifs is 1. The molecule has 6 nitrogen and oxygen atoms in total. The zero-order chi connectivity index (χ0) is 17.2. The maximum absolute atomic E-state index is 11.9. The fourth-order valence-electron chi connectivity index (χ4n) is 3.14. The van der Waals surface area contributed by atoms with Gasteiger partial charge in [0, 0.05) is 36.1 Å². The Kier molecular flexibility index (Phi) is 3.85. The van der Waals surface area contributed by atoms with Crippen LogP contribution in [0.3, 0.4) is 0 Å². The molecule has 1 aromatic carbocycles. The summed E-state index contributed by atoms with van der Waals surface area (Å²) in [5, 5.41) is 6.09. The van der Waals surface area contributed by atoms with Crippen LogP contribution in [0.1, 0.15) is 33.4 Å². The van der Waals surface area contributed by atoms with Crippen molar-refractivity contribution in [2.75, 3.05) is 6.54 Å². The first kappa shape index (κ1) is 15.3. The van der Waals surface area contributed by atoms with Gasteiger partial charge in [-0.3, -0.25) is 9.78 Å². The van der Waals surface area contributed by atoms with Crippen molar-refractivity contribution in [3.05, 3.63) is 82.1 Å². The largest absolute Gasteiger partial charge is 0.358 e. The minimum atomic E-state index is -0.658. The van der Waals surface area contributed by atoms with E-state index in [9.17, 15) is 9.70 Å². The van der Waals surface area contributed by atoms with E-state index in [1.807, 2.05) is 48.5 Å². The van der Waals surface area contributed by atoms with Gasteiger partial charge in [-0.25, -0.2) is 0 Å². The lowest BCUT2D eigenvalue weighted by Crippen LogP contribution is -2.31. The van der Waals surface area contributed by atoms with Crippen LogP contribution in [0.25, 0.3) is 11.3 Å². The standard InChI is InChI=1S/C19H16N4O2/c24-19-14-11-16(22-15(14)7-9-21-19)13-6-8-20-17(10-13)18(23-25)12-4-2-1-3-5-12/h1-6,8,10-11,18,22H,7,9H2,(H,21,24). The molecule has 0 saturated carbocycles. The average molecular weight is 332 g/mol. The molecule has 3 aromatic rings. The number of nitrogens with one attached hydrogen (secondary N) is 2. The molecule has 0 bridgehead atoms. The Morgan fingerprint density at radius 3 is 2.72 bits per heavy atom. The van der Waals surface area contributed by atoms with Gasteiger partial charge in [-0.1, -0.05) is 35.5 Å². The van der Waals surface area contributed by atoms with E-state index < -0.39 is 6.04 Å². The number of nitroso groups, excluding NO2 is 1. The molecule has 1 atom stereocenters. The number of carbonyl (C=O) groups is 1. The monoisotopic (exact) mass is 332 g/mol. The van der Waals surface area contributed by atoms with E-state index in [0.717, 1.165) is 28.9 Å². The highest BCUT2D eigenvalue weighted by Gasteiger charge is 2.21. The lowest BCUT2D eigenvalue weighted by Gasteiger charge is -2.11.